The molecule has 0 saturated carbocycles. The van der Waals surface area contributed by atoms with Gasteiger partial charge in [0.05, 0.1) is 6.04 Å². The van der Waals surface area contributed by atoms with Gasteiger partial charge in [-0.15, -0.1) is 0 Å². The quantitative estimate of drug-likeness (QED) is 0.629. The van der Waals surface area contributed by atoms with Crippen molar-refractivity contribution < 1.29 is 22.8 Å². The molecule has 1 unspecified atom stereocenters. The van der Waals surface area contributed by atoms with E-state index in [0.717, 1.165) is 38.0 Å². The number of rotatable bonds is 6. The van der Waals surface area contributed by atoms with E-state index in [9.17, 15) is 22.8 Å². The van der Waals surface area contributed by atoms with Crippen LogP contribution in [0.3, 0.4) is 0 Å². The number of halogens is 3. The highest BCUT2D eigenvalue weighted by Gasteiger charge is 2.42. The highest BCUT2D eigenvalue weighted by atomic mass is 19.4. The number of carbonyl (C=O) groups excluding carboxylic acids is 2. The van der Waals surface area contributed by atoms with Gasteiger partial charge in [0, 0.05) is 31.7 Å². The maximum atomic E-state index is 13.2. The van der Waals surface area contributed by atoms with Crippen molar-refractivity contribution in [1.82, 2.24) is 20.1 Å². The van der Waals surface area contributed by atoms with Crippen molar-refractivity contribution in [3.63, 3.8) is 0 Å². The molecular formula is C26H32F3N5O2. The van der Waals surface area contributed by atoms with Gasteiger partial charge in [0.1, 0.15) is 5.82 Å². The summed E-state index contributed by atoms with van der Waals surface area (Å²) in [6.45, 7) is 3.35. The zero-order valence-electron chi connectivity index (χ0n) is 20.1. The predicted octanol–water partition coefficient (Wildman–Crippen LogP) is 3.53. The maximum Gasteiger partial charge on any atom is 0.471 e. The van der Waals surface area contributed by atoms with Gasteiger partial charge in [-0.2, -0.15) is 13.2 Å². The summed E-state index contributed by atoms with van der Waals surface area (Å²) in [5.41, 5.74) is 7.50. The van der Waals surface area contributed by atoms with Gasteiger partial charge in [-0.1, -0.05) is 30.3 Å². The van der Waals surface area contributed by atoms with E-state index in [0.29, 0.717) is 37.3 Å². The second-order valence-electron chi connectivity index (χ2n) is 9.66. The van der Waals surface area contributed by atoms with E-state index in [-0.39, 0.29) is 17.7 Å². The van der Waals surface area contributed by atoms with Crippen LogP contribution < -0.4 is 11.1 Å². The Morgan fingerprint density at radius 3 is 2.31 bits per heavy atom. The number of aromatic nitrogens is 1. The average molecular weight is 504 g/mol. The van der Waals surface area contributed by atoms with Gasteiger partial charge in [0.2, 0.25) is 5.91 Å². The molecule has 4 rings (SSSR count). The minimum atomic E-state index is -4.94. The molecule has 3 heterocycles. The number of alkyl halides is 3. The van der Waals surface area contributed by atoms with Crippen LogP contribution in [0.1, 0.15) is 42.9 Å². The fraction of sp³-hybridized carbons (Fsp3) is 0.500. The van der Waals surface area contributed by atoms with Crippen molar-refractivity contribution in [1.29, 1.82) is 0 Å². The van der Waals surface area contributed by atoms with Crippen molar-refractivity contribution in [3.05, 3.63) is 59.8 Å². The molecule has 0 spiro atoms. The lowest BCUT2D eigenvalue weighted by Crippen LogP contribution is -2.48. The molecule has 1 aromatic heterocycles. The lowest BCUT2D eigenvalue weighted by molar-refractivity contribution is -0.175. The summed E-state index contributed by atoms with van der Waals surface area (Å²) in [5, 5.41) is 2.19. The maximum absolute atomic E-state index is 13.2. The Balaban J connectivity index is 1.30. The summed E-state index contributed by atoms with van der Waals surface area (Å²) in [5.74, 6) is -1.55. The second-order valence-corrected chi connectivity index (χ2v) is 9.66. The molecule has 36 heavy (non-hydrogen) atoms. The van der Waals surface area contributed by atoms with E-state index in [2.05, 4.69) is 15.2 Å². The molecule has 2 fully saturated rings. The monoisotopic (exact) mass is 503 g/mol. The molecule has 3 N–H and O–H groups in total. The third kappa shape index (κ3) is 6.54. The first-order chi connectivity index (χ1) is 17.2. The van der Waals surface area contributed by atoms with E-state index in [1.165, 1.54) is 0 Å². The molecule has 10 heteroatoms. The number of amides is 2. The Morgan fingerprint density at radius 2 is 1.69 bits per heavy atom. The van der Waals surface area contributed by atoms with Crippen LogP contribution in [0.15, 0.2) is 48.7 Å². The molecule has 194 valence electrons. The highest BCUT2D eigenvalue weighted by Crippen LogP contribution is 2.33. The third-order valence-corrected chi connectivity index (χ3v) is 7.21. The molecule has 2 aliphatic heterocycles. The number of nitrogens with two attached hydrogens (primary N) is 1. The summed E-state index contributed by atoms with van der Waals surface area (Å²) in [6.07, 6.45) is -0.636. The zero-order chi connectivity index (χ0) is 25.7. The Morgan fingerprint density at radius 1 is 1.03 bits per heavy atom. The number of benzene rings is 1. The molecule has 1 aromatic carbocycles. The summed E-state index contributed by atoms with van der Waals surface area (Å²) >= 11 is 0. The Labute approximate surface area is 208 Å². The largest absolute Gasteiger partial charge is 0.471 e. The number of nitrogen functional groups attached to an aromatic ring is 1. The first-order valence-electron chi connectivity index (χ1n) is 12.3. The fourth-order valence-electron chi connectivity index (χ4n) is 5.26. The van der Waals surface area contributed by atoms with Crippen molar-refractivity contribution >= 4 is 17.6 Å². The van der Waals surface area contributed by atoms with E-state index >= 15 is 0 Å². The molecule has 7 nitrogen and oxygen atoms in total. The van der Waals surface area contributed by atoms with Gasteiger partial charge in [0.25, 0.3) is 0 Å². The summed E-state index contributed by atoms with van der Waals surface area (Å²) in [7, 11) is 0. The first kappa shape index (κ1) is 25.9. The van der Waals surface area contributed by atoms with Crippen molar-refractivity contribution in [2.45, 2.75) is 44.4 Å². The molecule has 0 radical (unpaired) electrons. The number of nitrogens with zero attached hydrogens (tertiary/aromatic N) is 3. The van der Waals surface area contributed by atoms with E-state index in [1.54, 1.807) is 36.5 Å². The van der Waals surface area contributed by atoms with Crippen LogP contribution in [0.5, 0.6) is 0 Å². The number of piperidine rings is 2. The number of pyridine rings is 1. The molecule has 0 bridgehead atoms. The standard InChI is InChI=1S/C26H32F3N5O2/c27-26(28,29)25(36)32-23(19-4-2-1-3-5-19)20-9-14-34(15-10-20)24(35)21-7-12-33(13-8-21)17-18-6-11-31-22(30)16-18/h1-6,11,16,20-21,23H,7-10,12-15,17H2,(H2,30,31)(H,32,36). The Hall–Kier alpha value is -3.14. The molecular weight excluding hydrogens is 471 g/mol. The molecule has 0 aliphatic carbocycles. The number of nitrogens with one attached hydrogen (secondary N) is 1. The second kappa shape index (κ2) is 11.3. The SMILES string of the molecule is Nc1cc(CN2CCC(C(=O)N3CCC(C(NC(=O)C(F)(F)F)c4ccccc4)CC3)CC2)ccn1. The van der Waals surface area contributed by atoms with Crippen LogP contribution in [0, 0.1) is 11.8 Å². The van der Waals surface area contributed by atoms with E-state index in [4.69, 9.17) is 5.73 Å². The third-order valence-electron chi connectivity index (χ3n) is 7.21. The average Bonchev–Trinajstić information content (AvgIpc) is 2.87. The minimum absolute atomic E-state index is 0.0461. The Kier molecular flexibility index (Phi) is 8.13. The molecule has 2 saturated heterocycles. The summed E-state index contributed by atoms with van der Waals surface area (Å²) in [4.78, 5) is 33.1. The topological polar surface area (TPSA) is 91.6 Å². The lowest BCUT2D eigenvalue weighted by Gasteiger charge is -2.39. The van der Waals surface area contributed by atoms with Crippen LogP contribution in [-0.2, 0) is 16.1 Å². The van der Waals surface area contributed by atoms with Gasteiger partial charge in [0.15, 0.2) is 0 Å². The number of anilines is 1. The Bertz CT molecular complexity index is 1030. The normalized spacial score (nSPS) is 19.1. The lowest BCUT2D eigenvalue weighted by atomic mass is 9.84. The van der Waals surface area contributed by atoms with E-state index in [1.807, 2.05) is 17.0 Å². The van der Waals surface area contributed by atoms with Gasteiger partial charge in [-0.05, 0) is 68.0 Å². The van der Waals surface area contributed by atoms with Gasteiger partial charge in [-0.25, -0.2) is 4.98 Å². The number of likely N-dealkylation sites (tertiary alicyclic amines) is 2. The highest BCUT2D eigenvalue weighted by molar-refractivity contribution is 5.82. The van der Waals surface area contributed by atoms with Gasteiger partial charge in [-0.3, -0.25) is 14.5 Å². The minimum Gasteiger partial charge on any atom is -0.384 e. The first-order valence-corrected chi connectivity index (χ1v) is 12.3. The van der Waals surface area contributed by atoms with Crippen molar-refractivity contribution in [2.75, 3.05) is 31.9 Å². The molecule has 2 aliphatic rings. The summed E-state index contributed by atoms with van der Waals surface area (Å²) in [6, 6.07) is 11.8. The van der Waals surface area contributed by atoms with Crippen molar-refractivity contribution in [3.8, 4) is 0 Å². The van der Waals surface area contributed by atoms with Gasteiger partial charge >= 0.3 is 12.1 Å². The van der Waals surface area contributed by atoms with Gasteiger partial charge < -0.3 is 16.0 Å². The predicted molar refractivity (Wildman–Crippen MR) is 129 cm³/mol. The summed E-state index contributed by atoms with van der Waals surface area (Å²) < 4.78 is 38.9. The van der Waals surface area contributed by atoms with Crippen LogP contribution in [0.25, 0.3) is 0 Å². The number of hydrogen-bond donors (Lipinski definition) is 2. The van der Waals surface area contributed by atoms with E-state index < -0.39 is 18.1 Å². The van der Waals surface area contributed by atoms with Crippen LogP contribution >= 0.6 is 0 Å². The number of hydrogen-bond acceptors (Lipinski definition) is 5. The molecule has 2 amide bonds. The smallest absolute Gasteiger partial charge is 0.384 e. The zero-order valence-corrected chi connectivity index (χ0v) is 20.1. The molecule has 2 aromatic rings. The number of carbonyl (C=O) groups is 2. The van der Waals surface area contributed by atoms with Crippen LogP contribution in [0.2, 0.25) is 0 Å². The van der Waals surface area contributed by atoms with Crippen LogP contribution in [-0.4, -0.2) is 59.0 Å². The van der Waals surface area contributed by atoms with Crippen LogP contribution in [0.4, 0.5) is 19.0 Å². The molecule has 1 atom stereocenters. The fourth-order valence-corrected chi connectivity index (χ4v) is 5.26. The van der Waals surface area contributed by atoms with Crippen molar-refractivity contribution in [2.24, 2.45) is 11.8 Å².